The molecule has 134 valence electrons. The first-order chi connectivity index (χ1) is 12.0. The third-order valence-electron chi connectivity index (χ3n) is 3.07. The van der Waals surface area contributed by atoms with Crippen LogP contribution in [0, 0.1) is 0 Å². The van der Waals surface area contributed by atoms with Gasteiger partial charge in [-0.3, -0.25) is 14.9 Å². The van der Waals surface area contributed by atoms with Crippen LogP contribution in [0.5, 0.6) is 5.75 Å². The zero-order valence-corrected chi connectivity index (χ0v) is 15.4. The van der Waals surface area contributed by atoms with Gasteiger partial charge >= 0.3 is 0 Å². The first-order valence-electron chi connectivity index (χ1n) is 8.15. The quantitative estimate of drug-likeness (QED) is 0.753. The average Bonchev–Trinajstić information content (AvgIpc) is 3.00. The normalized spacial score (nSPS) is 10.6. The lowest BCUT2D eigenvalue weighted by molar-refractivity contribution is -0.115. The Labute approximate surface area is 150 Å². The second-order valence-electron chi connectivity index (χ2n) is 5.67. The van der Waals surface area contributed by atoms with Crippen molar-refractivity contribution in [2.75, 3.05) is 11.9 Å². The number of amides is 2. The molecule has 0 aliphatic rings. The highest BCUT2D eigenvalue weighted by Gasteiger charge is 2.11. The number of benzene rings is 1. The Kier molecular flexibility index (Phi) is 6.88. The molecule has 1 aromatic heterocycles. The fourth-order valence-corrected chi connectivity index (χ4v) is 2.86. The molecule has 0 spiro atoms. The largest absolute Gasteiger partial charge is 0.491 e. The molecule has 0 atom stereocenters. The number of hydrogen-bond acceptors (Lipinski definition) is 6. The molecule has 1 aromatic carbocycles. The Bertz CT molecular complexity index is 713. The summed E-state index contributed by atoms with van der Waals surface area (Å²) in [5.41, 5.74) is 0.463. The minimum atomic E-state index is -0.340. The van der Waals surface area contributed by atoms with Gasteiger partial charge < -0.3 is 10.1 Å². The molecule has 1 heterocycles. The van der Waals surface area contributed by atoms with Crippen molar-refractivity contribution >= 4 is 28.3 Å². The third kappa shape index (κ3) is 6.15. The maximum absolute atomic E-state index is 12.1. The molecule has 0 saturated heterocycles. The summed E-state index contributed by atoms with van der Waals surface area (Å²) in [6.07, 6.45) is 1.88. The van der Waals surface area contributed by atoms with Gasteiger partial charge in [-0.1, -0.05) is 18.3 Å². The van der Waals surface area contributed by atoms with E-state index in [1.165, 1.54) is 11.3 Å². The number of hydrogen-bond donors (Lipinski definition) is 2. The van der Waals surface area contributed by atoms with Gasteiger partial charge in [0.2, 0.25) is 11.0 Å². The number of carbonyl (C=O) groups is 2. The molecular weight excluding hydrogens is 340 g/mol. The maximum atomic E-state index is 12.1. The maximum Gasteiger partial charge on any atom is 0.251 e. The molecule has 8 heteroatoms. The van der Waals surface area contributed by atoms with Crippen molar-refractivity contribution in [3.05, 3.63) is 34.8 Å². The van der Waals surface area contributed by atoms with Gasteiger partial charge in [0.25, 0.3) is 5.91 Å². The van der Waals surface area contributed by atoms with Gasteiger partial charge in [-0.15, -0.1) is 10.2 Å². The zero-order chi connectivity index (χ0) is 18.2. The van der Waals surface area contributed by atoms with Crippen molar-refractivity contribution in [1.29, 1.82) is 0 Å². The van der Waals surface area contributed by atoms with Crippen molar-refractivity contribution in [1.82, 2.24) is 15.5 Å². The molecular formula is C17H22N4O3S. The van der Waals surface area contributed by atoms with Gasteiger partial charge in [-0.2, -0.15) is 0 Å². The number of ether oxygens (including phenoxy) is 1. The van der Waals surface area contributed by atoms with Crippen molar-refractivity contribution < 1.29 is 14.3 Å². The average molecular weight is 362 g/mol. The Hall–Kier alpha value is -2.48. The van der Waals surface area contributed by atoms with Gasteiger partial charge in [0.1, 0.15) is 10.8 Å². The molecule has 25 heavy (non-hydrogen) atoms. The predicted octanol–water partition coefficient (Wildman–Crippen LogP) is 2.65. The predicted molar refractivity (Wildman–Crippen MR) is 97.1 cm³/mol. The summed E-state index contributed by atoms with van der Waals surface area (Å²) in [6, 6.07) is 6.77. The highest BCUT2D eigenvalue weighted by Crippen LogP contribution is 2.16. The lowest BCUT2D eigenvalue weighted by Crippen LogP contribution is -2.32. The molecule has 2 rings (SSSR count). The van der Waals surface area contributed by atoms with Gasteiger partial charge in [0.15, 0.2) is 0 Å². The fourth-order valence-electron chi connectivity index (χ4n) is 2.00. The molecule has 0 aliphatic carbocycles. The molecule has 2 amide bonds. The molecule has 2 N–H and O–H groups in total. The summed E-state index contributed by atoms with van der Waals surface area (Å²) in [5.74, 6) is 0.0333. The van der Waals surface area contributed by atoms with Gasteiger partial charge in [-0.25, -0.2) is 0 Å². The summed E-state index contributed by atoms with van der Waals surface area (Å²) in [7, 11) is 0. The minimum Gasteiger partial charge on any atom is -0.491 e. The molecule has 2 aromatic rings. The van der Waals surface area contributed by atoms with Gasteiger partial charge in [-0.05, 0) is 44.5 Å². The van der Waals surface area contributed by atoms with Gasteiger partial charge in [0.05, 0.1) is 12.6 Å². The van der Waals surface area contributed by atoms with Crippen molar-refractivity contribution in [2.45, 2.75) is 39.7 Å². The van der Waals surface area contributed by atoms with Crippen LogP contribution in [0.3, 0.4) is 0 Å². The SMILES string of the molecule is CCCc1nnc(NC(=O)CNC(=O)c2ccc(OC(C)C)cc2)s1. The van der Waals surface area contributed by atoms with Crippen molar-refractivity contribution in [2.24, 2.45) is 0 Å². The zero-order valence-electron chi connectivity index (χ0n) is 14.5. The highest BCUT2D eigenvalue weighted by atomic mass is 32.1. The highest BCUT2D eigenvalue weighted by molar-refractivity contribution is 7.15. The first-order valence-corrected chi connectivity index (χ1v) is 8.96. The van der Waals surface area contributed by atoms with E-state index in [1.807, 2.05) is 13.8 Å². The second kappa shape index (κ2) is 9.12. The first kappa shape index (κ1) is 18.9. The minimum absolute atomic E-state index is 0.0709. The van der Waals surface area contributed by atoms with E-state index in [0.29, 0.717) is 16.4 Å². The van der Waals surface area contributed by atoms with Crippen LogP contribution in [0.2, 0.25) is 0 Å². The number of anilines is 1. The van der Waals surface area contributed by atoms with Crippen molar-refractivity contribution in [3.8, 4) is 5.75 Å². The lowest BCUT2D eigenvalue weighted by atomic mass is 10.2. The molecule has 0 bridgehead atoms. The summed E-state index contributed by atoms with van der Waals surface area (Å²) in [4.78, 5) is 24.0. The molecule has 0 fully saturated rings. The van der Waals surface area contributed by atoms with E-state index in [1.54, 1.807) is 24.3 Å². The van der Waals surface area contributed by atoms with E-state index in [0.717, 1.165) is 17.8 Å². The number of carbonyl (C=O) groups excluding carboxylic acids is 2. The van der Waals surface area contributed by atoms with Gasteiger partial charge in [0, 0.05) is 12.0 Å². The summed E-state index contributed by atoms with van der Waals surface area (Å²) in [6.45, 7) is 5.78. The number of nitrogens with one attached hydrogen (secondary N) is 2. The van der Waals surface area contributed by atoms with Crippen LogP contribution >= 0.6 is 11.3 Å². The topological polar surface area (TPSA) is 93.2 Å². The summed E-state index contributed by atoms with van der Waals surface area (Å²) >= 11 is 1.34. The third-order valence-corrected chi connectivity index (χ3v) is 3.97. The van der Waals surface area contributed by atoms with Crippen molar-refractivity contribution in [3.63, 3.8) is 0 Å². The Morgan fingerprint density at radius 1 is 1.20 bits per heavy atom. The van der Waals surface area contributed by atoms with Crippen LogP contribution in [-0.4, -0.2) is 34.7 Å². The smallest absolute Gasteiger partial charge is 0.251 e. The standard InChI is InChI=1S/C17H22N4O3S/c1-4-5-15-20-21-17(25-15)19-14(22)10-18-16(23)12-6-8-13(9-7-12)24-11(2)3/h6-9,11H,4-5,10H2,1-3H3,(H,18,23)(H,19,21,22). The number of aromatic nitrogens is 2. The van der Waals surface area contributed by atoms with E-state index in [9.17, 15) is 9.59 Å². The summed E-state index contributed by atoms with van der Waals surface area (Å²) < 4.78 is 5.53. The summed E-state index contributed by atoms with van der Waals surface area (Å²) in [5, 5.41) is 14.4. The molecule has 0 radical (unpaired) electrons. The molecule has 0 unspecified atom stereocenters. The Morgan fingerprint density at radius 3 is 2.56 bits per heavy atom. The lowest BCUT2D eigenvalue weighted by Gasteiger charge is -2.10. The Balaban J connectivity index is 1.81. The monoisotopic (exact) mass is 362 g/mol. The van der Waals surface area contributed by atoms with Crippen LogP contribution < -0.4 is 15.4 Å². The van der Waals surface area contributed by atoms with Crippen LogP contribution in [0.25, 0.3) is 0 Å². The number of nitrogens with zero attached hydrogens (tertiary/aromatic N) is 2. The van der Waals surface area contributed by atoms with Crippen LogP contribution in [0.15, 0.2) is 24.3 Å². The van der Waals surface area contributed by atoms with E-state index in [-0.39, 0.29) is 24.5 Å². The molecule has 0 saturated carbocycles. The van der Waals surface area contributed by atoms with Crippen LogP contribution in [0.4, 0.5) is 5.13 Å². The number of rotatable bonds is 8. The fraction of sp³-hybridized carbons (Fsp3) is 0.412. The second-order valence-corrected chi connectivity index (χ2v) is 6.73. The van der Waals surface area contributed by atoms with Crippen LogP contribution in [-0.2, 0) is 11.2 Å². The molecule has 7 nitrogen and oxygen atoms in total. The van der Waals surface area contributed by atoms with E-state index in [2.05, 4.69) is 27.8 Å². The Morgan fingerprint density at radius 2 is 1.92 bits per heavy atom. The number of aryl methyl sites for hydroxylation is 1. The van der Waals surface area contributed by atoms with Crippen LogP contribution in [0.1, 0.15) is 42.6 Å². The van der Waals surface area contributed by atoms with E-state index < -0.39 is 0 Å². The van der Waals surface area contributed by atoms with E-state index >= 15 is 0 Å². The van der Waals surface area contributed by atoms with E-state index in [4.69, 9.17) is 4.74 Å². The molecule has 0 aliphatic heterocycles.